The van der Waals surface area contributed by atoms with E-state index in [0.29, 0.717) is 4.70 Å². The molecule has 13 heavy (non-hydrogen) atoms. The zero-order valence-electron chi connectivity index (χ0n) is 6.45. The van der Waals surface area contributed by atoms with Gasteiger partial charge in [0, 0.05) is 15.5 Å². The van der Waals surface area contributed by atoms with Crippen LogP contribution in [0.1, 0.15) is 10.4 Å². The van der Waals surface area contributed by atoms with Gasteiger partial charge in [0.25, 0.3) is 0 Å². The normalized spacial score (nSPS) is 10.5. The first-order chi connectivity index (χ1) is 6.20. The molecule has 0 unspecified atom stereocenters. The number of benzene rings is 1. The molecule has 0 saturated heterocycles. The Morgan fingerprint density at radius 1 is 1.46 bits per heavy atom. The minimum atomic E-state index is -1.09. The van der Waals surface area contributed by atoms with E-state index < -0.39 is 11.8 Å². The first-order valence-electron chi connectivity index (χ1n) is 3.59. The molecule has 2 rings (SSSR count). The van der Waals surface area contributed by atoms with Gasteiger partial charge in [0.2, 0.25) is 0 Å². The van der Waals surface area contributed by atoms with Crippen LogP contribution in [0.25, 0.3) is 10.1 Å². The number of hydrogen-bond acceptors (Lipinski definition) is 2. The Kier molecular flexibility index (Phi) is 1.77. The van der Waals surface area contributed by atoms with E-state index in [9.17, 15) is 9.18 Å². The van der Waals surface area contributed by atoms with Gasteiger partial charge in [0.05, 0.1) is 5.56 Å². The number of carboxylic acids is 1. The predicted molar refractivity (Wildman–Crippen MR) is 48.7 cm³/mol. The molecule has 0 aliphatic rings. The fourth-order valence-electron chi connectivity index (χ4n) is 1.20. The molecule has 1 heterocycles. The van der Waals surface area contributed by atoms with Crippen molar-refractivity contribution in [3.63, 3.8) is 0 Å². The molecule has 1 aromatic carbocycles. The van der Waals surface area contributed by atoms with Crippen molar-refractivity contribution in [3.05, 3.63) is 35.0 Å². The quantitative estimate of drug-likeness (QED) is 0.761. The summed E-state index contributed by atoms with van der Waals surface area (Å²) in [6, 6.07) is 4.54. The van der Waals surface area contributed by atoms with Crippen LogP contribution in [0.15, 0.2) is 23.6 Å². The summed E-state index contributed by atoms with van der Waals surface area (Å²) < 4.78 is 13.8. The molecule has 4 heteroatoms. The van der Waals surface area contributed by atoms with Gasteiger partial charge >= 0.3 is 5.97 Å². The highest BCUT2D eigenvalue weighted by molar-refractivity contribution is 7.17. The second-order valence-electron chi connectivity index (χ2n) is 2.57. The number of halogens is 1. The van der Waals surface area contributed by atoms with E-state index in [2.05, 4.69) is 0 Å². The molecule has 0 spiro atoms. The smallest absolute Gasteiger partial charge is 0.337 e. The van der Waals surface area contributed by atoms with Crippen molar-refractivity contribution in [2.45, 2.75) is 0 Å². The molecule has 1 N–H and O–H groups in total. The predicted octanol–water partition coefficient (Wildman–Crippen LogP) is 2.74. The summed E-state index contributed by atoms with van der Waals surface area (Å²) in [6.45, 7) is 0. The highest BCUT2D eigenvalue weighted by atomic mass is 32.1. The topological polar surface area (TPSA) is 37.3 Å². The van der Waals surface area contributed by atoms with E-state index in [-0.39, 0.29) is 10.9 Å². The minimum Gasteiger partial charge on any atom is -0.478 e. The fourth-order valence-corrected chi connectivity index (χ4v) is 2.15. The van der Waals surface area contributed by atoms with Gasteiger partial charge in [-0.1, -0.05) is 6.07 Å². The lowest BCUT2D eigenvalue weighted by atomic mass is 10.2. The summed E-state index contributed by atoms with van der Waals surface area (Å²) in [5, 5.41) is 10.4. The zero-order chi connectivity index (χ0) is 9.42. The molecule has 0 atom stereocenters. The molecule has 0 radical (unpaired) electrons. The number of rotatable bonds is 1. The minimum absolute atomic E-state index is 0.0399. The van der Waals surface area contributed by atoms with Crippen molar-refractivity contribution < 1.29 is 14.3 Å². The SMILES string of the molecule is O=C(O)c1csc2cccc(F)c12. The Balaban J connectivity index is 2.86. The second kappa shape index (κ2) is 2.81. The van der Waals surface area contributed by atoms with Gasteiger partial charge in [-0.3, -0.25) is 0 Å². The van der Waals surface area contributed by atoms with Gasteiger partial charge in [-0.2, -0.15) is 0 Å². The van der Waals surface area contributed by atoms with Crippen molar-refractivity contribution in [3.8, 4) is 0 Å². The Bertz CT molecular complexity index is 475. The molecule has 0 aliphatic carbocycles. The number of carbonyl (C=O) groups is 1. The first-order valence-corrected chi connectivity index (χ1v) is 4.47. The van der Waals surface area contributed by atoms with Crippen LogP contribution >= 0.6 is 11.3 Å². The highest BCUT2D eigenvalue weighted by Crippen LogP contribution is 2.27. The van der Waals surface area contributed by atoms with Crippen LogP contribution in [0, 0.1) is 5.82 Å². The number of fused-ring (bicyclic) bond motifs is 1. The maximum atomic E-state index is 13.2. The summed E-state index contributed by atoms with van der Waals surface area (Å²) in [7, 11) is 0. The monoisotopic (exact) mass is 196 g/mol. The van der Waals surface area contributed by atoms with Gasteiger partial charge in [-0.15, -0.1) is 11.3 Å². The zero-order valence-corrected chi connectivity index (χ0v) is 7.27. The van der Waals surface area contributed by atoms with Gasteiger partial charge in [0.1, 0.15) is 5.82 Å². The van der Waals surface area contributed by atoms with E-state index in [1.807, 2.05) is 0 Å². The van der Waals surface area contributed by atoms with Gasteiger partial charge in [-0.05, 0) is 12.1 Å². The molecular formula is C9H5FO2S. The third kappa shape index (κ3) is 1.19. The lowest BCUT2D eigenvalue weighted by Gasteiger charge is -1.93. The van der Waals surface area contributed by atoms with Gasteiger partial charge < -0.3 is 5.11 Å². The lowest BCUT2D eigenvalue weighted by Crippen LogP contribution is -1.94. The van der Waals surface area contributed by atoms with Crippen LogP contribution in [0.4, 0.5) is 4.39 Å². The molecule has 0 fully saturated rings. The van der Waals surface area contributed by atoms with Crippen molar-refractivity contribution in [2.75, 3.05) is 0 Å². The van der Waals surface area contributed by atoms with E-state index in [4.69, 9.17) is 5.11 Å². The average Bonchev–Trinajstić information content (AvgIpc) is 2.49. The Morgan fingerprint density at radius 2 is 2.23 bits per heavy atom. The van der Waals surface area contributed by atoms with E-state index in [1.54, 1.807) is 12.1 Å². The van der Waals surface area contributed by atoms with Crippen molar-refractivity contribution in [1.82, 2.24) is 0 Å². The summed E-state index contributed by atoms with van der Waals surface area (Å²) >= 11 is 1.24. The van der Waals surface area contributed by atoms with Gasteiger partial charge in [-0.25, -0.2) is 9.18 Å². The maximum Gasteiger partial charge on any atom is 0.337 e. The largest absolute Gasteiger partial charge is 0.478 e. The maximum absolute atomic E-state index is 13.2. The summed E-state index contributed by atoms with van der Waals surface area (Å²) in [5.41, 5.74) is 0.0399. The number of thiophene rings is 1. The van der Waals surface area contributed by atoms with E-state index >= 15 is 0 Å². The van der Waals surface area contributed by atoms with E-state index in [0.717, 1.165) is 0 Å². The summed E-state index contributed by atoms with van der Waals surface area (Å²) in [4.78, 5) is 10.7. The molecule has 2 nitrogen and oxygen atoms in total. The number of carboxylic acid groups (broad SMARTS) is 1. The van der Waals surface area contributed by atoms with Crippen LogP contribution in [0.2, 0.25) is 0 Å². The molecule has 0 saturated carbocycles. The van der Waals surface area contributed by atoms with Crippen molar-refractivity contribution in [1.29, 1.82) is 0 Å². The van der Waals surface area contributed by atoms with Crippen LogP contribution in [0.3, 0.4) is 0 Å². The molecular weight excluding hydrogens is 191 g/mol. The lowest BCUT2D eigenvalue weighted by molar-refractivity contribution is 0.0699. The molecule has 0 aliphatic heterocycles. The molecule has 66 valence electrons. The highest BCUT2D eigenvalue weighted by Gasteiger charge is 2.13. The fraction of sp³-hybridized carbons (Fsp3) is 0. The third-order valence-corrected chi connectivity index (χ3v) is 2.73. The van der Waals surface area contributed by atoms with Crippen LogP contribution in [-0.4, -0.2) is 11.1 Å². The molecule has 1 aromatic heterocycles. The first kappa shape index (κ1) is 8.19. The van der Waals surface area contributed by atoms with Crippen LogP contribution in [-0.2, 0) is 0 Å². The van der Waals surface area contributed by atoms with Crippen molar-refractivity contribution >= 4 is 27.4 Å². The van der Waals surface area contributed by atoms with Gasteiger partial charge in [0.15, 0.2) is 0 Å². The molecule has 0 bridgehead atoms. The standard InChI is InChI=1S/C9H5FO2S/c10-6-2-1-3-7-8(6)5(4-13-7)9(11)12/h1-4H,(H,11,12). The average molecular weight is 196 g/mol. The number of aromatic carboxylic acids is 1. The Hall–Kier alpha value is -1.42. The summed E-state index contributed by atoms with van der Waals surface area (Å²) in [6.07, 6.45) is 0. The van der Waals surface area contributed by atoms with Crippen LogP contribution < -0.4 is 0 Å². The van der Waals surface area contributed by atoms with E-state index in [1.165, 1.54) is 22.8 Å². The van der Waals surface area contributed by atoms with Crippen molar-refractivity contribution in [2.24, 2.45) is 0 Å². The Morgan fingerprint density at radius 3 is 2.92 bits per heavy atom. The second-order valence-corrected chi connectivity index (χ2v) is 3.48. The summed E-state index contributed by atoms with van der Waals surface area (Å²) in [5.74, 6) is -1.56. The molecule has 0 amide bonds. The third-order valence-electron chi connectivity index (χ3n) is 1.78. The molecule has 2 aromatic rings. The number of hydrogen-bond donors (Lipinski definition) is 1. The Labute approximate surface area is 77.2 Å². The van der Waals surface area contributed by atoms with Crippen LogP contribution in [0.5, 0.6) is 0 Å².